The Bertz CT molecular complexity index is 679. The van der Waals surface area contributed by atoms with E-state index in [1.165, 1.54) is 42.5 Å². The number of ketones is 1. The van der Waals surface area contributed by atoms with Crippen LogP contribution >= 0.6 is 0 Å². The Balaban J connectivity index is 1.93. The highest BCUT2D eigenvalue weighted by molar-refractivity contribution is 6.05. The van der Waals surface area contributed by atoms with E-state index in [1.54, 1.807) is 0 Å². The highest BCUT2D eigenvalue weighted by Gasteiger charge is 2.40. The maximum absolute atomic E-state index is 12.3. The summed E-state index contributed by atoms with van der Waals surface area (Å²) in [6, 6.07) is 10.1. The van der Waals surface area contributed by atoms with Crippen LogP contribution in [0, 0.1) is 0 Å². The van der Waals surface area contributed by atoms with Crippen LogP contribution in [0.5, 0.6) is 17.2 Å². The van der Waals surface area contributed by atoms with Crippen molar-refractivity contribution in [3.63, 3.8) is 0 Å². The van der Waals surface area contributed by atoms with E-state index >= 15 is 0 Å². The molecule has 6 heteroatoms. The molecule has 6 nitrogen and oxygen atoms in total. The largest absolute Gasteiger partial charge is 0.508 e. The van der Waals surface area contributed by atoms with Crippen molar-refractivity contribution in [2.75, 3.05) is 0 Å². The van der Waals surface area contributed by atoms with Crippen molar-refractivity contribution in [1.82, 2.24) is 0 Å². The van der Waals surface area contributed by atoms with Gasteiger partial charge in [0.15, 0.2) is 12.2 Å². The Kier molecular flexibility index (Phi) is 3.25. The van der Waals surface area contributed by atoms with E-state index in [2.05, 4.69) is 4.89 Å². The second kappa shape index (κ2) is 5.08. The second-order valence-corrected chi connectivity index (χ2v) is 4.70. The van der Waals surface area contributed by atoms with Gasteiger partial charge in [0.25, 0.3) is 0 Å². The standard InChI is InChI=1S/C15H12O6/c16-9-3-1-8(2-4-9)14(21-19)15-13(18)11-6-5-10(17)7-12(11)20-15/h1-7,14-17,19H. The van der Waals surface area contributed by atoms with E-state index < -0.39 is 12.2 Å². The molecule has 0 aromatic heterocycles. The van der Waals surface area contributed by atoms with Crippen LogP contribution in [0.25, 0.3) is 0 Å². The van der Waals surface area contributed by atoms with Gasteiger partial charge in [-0.25, -0.2) is 4.89 Å². The Labute approximate surface area is 119 Å². The molecule has 0 saturated heterocycles. The number of ether oxygens (including phenoxy) is 1. The fourth-order valence-electron chi connectivity index (χ4n) is 2.31. The number of phenols is 2. The third-order valence-electron chi connectivity index (χ3n) is 3.35. The number of phenolic OH excluding ortho intramolecular Hbond substituents is 2. The molecule has 0 spiro atoms. The van der Waals surface area contributed by atoms with Crippen LogP contribution in [0.3, 0.4) is 0 Å². The number of hydrogen-bond donors (Lipinski definition) is 3. The maximum atomic E-state index is 12.3. The van der Waals surface area contributed by atoms with Crippen LogP contribution in [0.1, 0.15) is 22.0 Å². The minimum Gasteiger partial charge on any atom is -0.508 e. The van der Waals surface area contributed by atoms with Gasteiger partial charge in [-0.15, -0.1) is 0 Å². The fourth-order valence-corrected chi connectivity index (χ4v) is 2.31. The molecule has 2 unspecified atom stereocenters. The molecule has 2 aromatic carbocycles. The minimum absolute atomic E-state index is 0.0201. The van der Waals surface area contributed by atoms with E-state index in [9.17, 15) is 15.0 Å². The quantitative estimate of drug-likeness (QED) is 0.592. The van der Waals surface area contributed by atoms with Crippen molar-refractivity contribution >= 4 is 5.78 Å². The zero-order valence-corrected chi connectivity index (χ0v) is 10.8. The lowest BCUT2D eigenvalue weighted by Crippen LogP contribution is -2.30. The molecule has 2 aromatic rings. The topological polar surface area (TPSA) is 96.2 Å². The number of carbonyl (C=O) groups is 1. The van der Waals surface area contributed by atoms with Crippen LogP contribution in [0.4, 0.5) is 0 Å². The molecule has 0 fully saturated rings. The predicted octanol–water partition coefficient (Wildman–Crippen LogP) is 2.27. The number of fused-ring (bicyclic) bond motifs is 1. The predicted molar refractivity (Wildman–Crippen MR) is 71.4 cm³/mol. The van der Waals surface area contributed by atoms with Gasteiger partial charge in [0.05, 0.1) is 5.56 Å². The molecular weight excluding hydrogens is 276 g/mol. The second-order valence-electron chi connectivity index (χ2n) is 4.70. The third-order valence-corrected chi connectivity index (χ3v) is 3.35. The minimum atomic E-state index is -1.06. The molecule has 21 heavy (non-hydrogen) atoms. The number of hydrogen-bond acceptors (Lipinski definition) is 6. The lowest BCUT2D eigenvalue weighted by atomic mass is 9.99. The average Bonchev–Trinajstić information content (AvgIpc) is 2.78. The maximum Gasteiger partial charge on any atom is 0.210 e. The Morgan fingerprint density at radius 1 is 1.05 bits per heavy atom. The number of carbonyl (C=O) groups excluding carboxylic acids is 1. The molecule has 2 atom stereocenters. The Morgan fingerprint density at radius 3 is 2.38 bits per heavy atom. The van der Waals surface area contributed by atoms with Crippen LogP contribution in [-0.2, 0) is 4.89 Å². The summed E-state index contributed by atoms with van der Waals surface area (Å²) < 4.78 is 5.48. The third kappa shape index (κ3) is 2.31. The van der Waals surface area contributed by atoms with Crippen molar-refractivity contribution in [2.45, 2.75) is 12.2 Å². The molecule has 1 aliphatic heterocycles. The first-order valence-electron chi connectivity index (χ1n) is 6.23. The number of benzene rings is 2. The molecule has 3 N–H and O–H groups in total. The highest BCUT2D eigenvalue weighted by atomic mass is 17.1. The summed E-state index contributed by atoms with van der Waals surface area (Å²) in [5.41, 5.74) is 0.796. The smallest absolute Gasteiger partial charge is 0.210 e. The van der Waals surface area contributed by atoms with Gasteiger partial charge < -0.3 is 14.9 Å². The number of rotatable bonds is 3. The first-order valence-corrected chi connectivity index (χ1v) is 6.23. The molecule has 0 amide bonds. The summed E-state index contributed by atoms with van der Waals surface area (Å²) in [5.74, 6) is -0.0708. The molecule has 0 aliphatic carbocycles. The molecule has 108 valence electrons. The zero-order chi connectivity index (χ0) is 15.0. The van der Waals surface area contributed by atoms with E-state index in [4.69, 9.17) is 9.99 Å². The lowest BCUT2D eigenvalue weighted by molar-refractivity contribution is -0.292. The van der Waals surface area contributed by atoms with Crippen LogP contribution in [0.2, 0.25) is 0 Å². The van der Waals surface area contributed by atoms with Gasteiger partial charge in [-0.2, -0.15) is 0 Å². The molecular formula is C15H12O6. The highest BCUT2D eigenvalue weighted by Crippen LogP contribution is 2.37. The van der Waals surface area contributed by atoms with Gasteiger partial charge in [-0.1, -0.05) is 12.1 Å². The van der Waals surface area contributed by atoms with Crippen molar-refractivity contribution in [3.8, 4) is 17.2 Å². The summed E-state index contributed by atoms with van der Waals surface area (Å²) >= 11 is 0. The van der Waals surface area contributed by atoms with Gasteiger partial charge in [0.2, 0.25) is 5.78 Å². The monoisotopic (exact) mass is 288 g/mol. The van der Waals surface area contributed by atoms with Gasteiger partial charge >= 0.3 is 0 Å². The van der Waals surface area contributed by atoms with Crippen LogP contribution < -0.4 is 4.74 Å². The van der Waals surface area contributed by atoms with Crippen LogP contribution in [-0.4, -0.2) is 27.4 Å². The summed E-state index contributed by atoms with van der Waals surface area (Å²) in [6.45, 7) is 0. The van der Waals surface area contributed by atoms with Gasteiger partial charge in [-0.05, 0) is 29.8 Å². The normalized spacial score (nSPS) is 18.1. The number of aromatic hydroxyl groups is 2. The molecule has 1 heterocycles. The molecule has 3 rings (SSSR count). The zero-order valence-electron chi connectivity index (χ0n) is 10.8. The van der Waals surface area contributed by atoms with E-state index in [0.717, 1.165) is 0 Å². The van der Waals surface area contributed by atoms with E-state index in [0.29, 0.717) is 11.1 Å². The Hall–Kier alpha value is -2.57. The summed E-state index contributed by atoms with van der Waals surface area (Å²) in [5, 5.41) is 27.8. The molecule has 0 saturated carbocycles. The van der Waals surface area contributed by atoms with E-state index in [-0.39, 0.29) is 23.0 Å². The summed E-state index contributed by atoms with van der Waals surface area (Å²) in [7, 11) is 0. The van der Waals surface area contributed by atoms with E-state index in [1.807, 2.05) is 0 Å². The van der Waals surface area contributed by atoms with Gasteiger partial charge in [0.1, 0.15) is 17.2 Å². The molecule has 0 bridgehead atoms. The van der Waals surface area contributed by atoms with Crippen LogP contribution in [0.15, 0.2) is 42.5 Å². The average molecular weight is 288 g/mol. The lowest BCUT2D eigenvalue weighted by Gasteiger charge is -2.19. The molecule has 0 radical (unpaired) electrons. The Morgan fingerprint density at radius 2 is 1.71 bits per heavy atom. The number of Topliss-reactive ketones (excluding diaryl/α,β-unsaturated/α-hetero) is 1. The molecule has 1 aliphatic rings. The van der Waals surface area contributed by atoms with Crippen molar-refractivity contribution in [1.29, 1.82) is 0 Å². The van der Waals surface area contributed by atoms with Gasteiger partial charge in [-0.3, -0.25) is 10.1 Å². The van der Waals surface area contributed by atoms with Gasteiger partial charge in [0, 0.05) is 6.07 Å². The fraction of sp³-hybridized carbons (Fsp3) is 0.133. The summed E-state index contributed by atoms with van der Waals surface area (Å²) in [6.07, 6.45) is -2.09. The van der Waals surface area contributed by atoms with Crippen molar-refractivity contribution in [2.24, 2.45) is 0 Å². The summed E-state index contributed by atoms with van der Waals surface area (Å²) in [4.78, 5) is 16.7. The van der Waals surface area contributed by atoms with Crippen molar-refractivity contribution in [3.05, 3.63) is 53.6 Å². The SMILES string of the molecule is O=C1c2ccc(O)cc2OC1C(OO)c1ccc(O)cc1. The first kappa shape index (κ1) is 13.4. The first-order chi connectivity index (χ1) is 10.1. The van der Waals surface area contributed by atoms with Crippen molar-refractivity contribution < 1.29 is 29.9 Å².